The molecule has 0 aliphatic carbocycles. The minimum Gasteiger partial charge on any atom is -0.480 e. The fraction of sp³-hybridized carbons (Fsp3) is 0.120. The molecule has 6 rings (SSSR count). The van der Waals surface area contributed by atoms with Crippen molar-refractivity contribution in [2.75, 3.05) is 5.32 Å². The van der Waals surface area contributed by atoms with Gasteiger partial charge in [-0.05, 0) is 42.3 Å². The van der Waals surface area contributed by atoms with Gasteiger partial charge in [-0.25, -0.2) is 4.68 Å². The monoisotopic (exact) mass is 470 g/mol. The number of halogens is 1. The van der Waals surface area contributed by atoms with E-state index in [1.54, 1.807) is 6.33 Å². The molecule has 0 saturated heterocycles. The van der Waals surface area contributed by atoms with Gasteiger partial charge >= 0.3 is 0 Å². The Bertz CT molecular complexity index is 1330. The second-order valence-corrected chi connectivity index (χ2v) is 8.76. The van der Waals surface area contributed by atoms with Gasteiger partial charge in [-0.3, -0.25) is 0 Å². The summed E-state index contributed by atoms with van der Waals surface area (Å²) in [5, 5.41) is 8.11. The lowest BCUT2D eigenvalue weighted by Gasteiger charge is -2.39. The molecule has 152 valence electrons. The summed E-state index contributed by atoms with van der Waals surface area (Å²) in [7, 11) is 0. The number of aryl methyl sites for hydroxylation is 1. The van der Waals surface area contributed by atoms with E-state index in [0.29, 0.717) is 0 Å². The SMILES string of the molecule is Cc1ccc([C@H]2C3=C(Nc4ncnn42)c2ccccc2O[C@H]3c2cccc(Br)c2)cc1. The number of hydrogen-bond acceptors (Lipinski definition) is 4. The Hall–Kier alpha value is -3.38. The smallest absolute Gasteiger partial charge is 0.226 e. The molecule has 1 N–H and O–H groups in total. The molecule has 0 spiro atoms. The summed E-state index contributed by atoms with van der Waals surface area (Å²) in [5.41, 5.74) is 6.65. The topological polar surface area (TPSA) is 52.0 Å². The van der Waals surface area contributed by atoms with Crippen molar-refractivity contribution in [2.24, 2.45) is 0 Å². The van der Waals surface area contributed by atoms with E-state index in [9.17, 15) is 0 Å². The van der Waals surface area contributed by atoms with Gasteiger partial charge in [0.25, 0.3) is 0 Å². The third-order valence-electron chi connectivity index (χ3n) is 5.87. The highest BCUT2D eigenvalue weighted by atomic mass is 79.9. The van der Waals surface area contributed by atoms with Crippen LogP contribution in [-0.2, 0) is 0 Å². The number of para-hydroxylation sites is 1. The van der Waals surface area contributed by atoms with Crippen molar-refractivity contribution < 1.29 is 4.74 Å². The Morgan fingerprint density at radius 3 is 2.65 bits per heavy atom. The van der Waals surface area contributed by atoms with Crippen molar-refractivity contribution in [3.05, 3.63) is 111 Å². The molecule has 1 aromatic heterocycles. The number of anilines is 1. The largest absolute Gasteiger partial charge is 0.480 e. The van der Waals surface area contributed by atoms with Crippen molar-refractivity contribution in [2.45, 2.75) is 19.1 Å². The average molecular weight is 471 g/mol. The lowest BCUT2D eigenvalue weighted by molar-refractivity contribution is 0.223. The molecule has 5 nitrogen and oxygen atoms in total. The van der Waals surface area contributed by atoms with Crippen molar-refractivity contribution in [1.82, 2.24) is 14.8 Å². The van der Waals surface area contributed by atoms with Crippen LogP contribution in [-0.4, -0.2) is 14.8 Å². The first-order valence-corrected chi connectivity index (χ1v) is 11.0. The van der Waals surface area contributed by atoms with Crippen LogP contribution in [0.15, 0.2) is 89.2 Å². The number of nitrogens with one attached hydrogen (secondary N) is 1. The molecule has 0 radical (unpaired) electrons. The Kier molecular flexibility index (Phi) is 4.21. The number of aromatic nitrogens is 3. The van der Waals surface area contributed by atoms with Gasteiger partial charge in [-0.15, -0.1) is 0 Å². The number of hydrogen-bond donors (Lipinski definition) is 1. The Morgan fingerprint density at radius 1 is 0.968 bits per heavy atom. The van der Waals surface area contributed by atoms with Crippen LogP contribution in [0.2, 0.25) is 0 Å². The van der Waals surface area contributed by atoms with Crippen LogP contribution in [0.5, 0.6) is 5.75 Å². The molecule has 2 aliphatic rings. The van der Waals surface area contributed by atoms with E-state index >= 15 is 0 Å². The summed E-state index contributed by atoms with van der Waals surface area (Å²) in [6.07, 6.45) is 1.33. The standard InChI is InChI=1S/C25H19BrN4O/c1-15-9-11-16(12-10-15)23-21-22(29-25-27-14-28-30(23)25)19-7-2-3-8-20(19)31-24(21)17-5-4-6-18(26)13-17/h2-14,23-24H,1H3,(H,27,28,29)/t23-,24-/m0/s1. The second kappa shape index (κ2) is 7.10. The molecule has 2 atom stereocenters. The highest BCUT2D eigenvalue weighted by Gasteiger charge is 2.40. The van der Waals surface area contributed by atoms with Crippen molar-refractivity contribution in [3.63, 3.8) is 0 Å². The van der Waals surface area contributed by atoms with E-state index in [2.05, 4.69) is 80.7 Å². The first-order valence-electron chi connectivity index (χ1n) is 10.2. The second-order valence-electron chi connectivity index (χ2n) is 7.85. The van der Waals surface area contributed by atoms with E-state index in [4.69, 9.17) is 4.74 Å². The zero-order chi connectivity index (χ0) is 20.9. The van der Waals surface area contributed by atoms with E-state index in [1.807, 2.05) is 35.0 Å². The Morgan fingerprint density at radius 2 is 1.81 bits per heavy atom. The molecule has 31 heavy (non-hydrogen) atoms. The number of benzene rings is 3. The summed E-state index contributed by atoms with van der Waals surface area (Å²) in [6.45, 7) is 2.10. The third kappa shape index (κ3) is 2.98. The Labute approximate surface area is 188 Å². The maximum atomic E-state index is 6.63. The molecule has 0 unspecified atom stereocenters. The maximum absolute atomic E-state index is 6.63. The van der Waals surface area contributed by atoms with E-state index < -0.39 is 0 Å². The zero-order valence-corrected chi connectivity index (χ0v) is 18.4. The number of ether oxygens (including phenoxy) is 1. The minimum absolute atomic E-state index is 0.133. The minimum atomic E-state index is -0.265. The van der Waals surface area contributed by atoms with Gasteiger partial charge in [-0.1, -0.05) is 70.0 Å². The van der Waals surface area contributed by atoms with Gasteiger partial charge in [-0.2, -0.15) is 10.1 Å². The predicted molar refractivity (Wildman–Crippen MR) is 124 cm³/mol. The summed E-state index contributed by atoms with van der Waals surface area (Å²) in [6, 6.07) is 24.9. The van der Waals surface area contributed by atoms with Crippen LogP contribution in [0.3, 0.4) is 0 Å². The van der Waals surface area contributed by atoms with Crippen molar-refractivity contribution in [3.8, 4) is 5.75 Å². The molecule has 0 amide bonds. The molecule has 4 aromatic rings. The normalized spacial score (nSPS) is 19.0. The van der Waals surface area contributed by atoms with Crippen LogP contribution in [0.1, 0.15) is 34.4 Å². The first-order chi connectivity index (χ1) is 15.2. The van der Waals surface area contributed by atoms with E-state index in [1.165, 1.54) is 5.56 Å². The molecule has 6 heteroatoms. The molecule has 0 bridgehead atoms. The fourth-order valence-electron chi connectivity index (χ4n) is 4.43. The highest BCUT2D eigenvalue weighted by Crippen LogP contribution is 2.50. The number of fused-ring (bicyclic) bond motifs is 3. The van der Waals surface area contributed by atoms with Gasteiger partial charge in [0.15, 0.2) is 0 Å². The summed E-state index contributed by atoms with van der Waals surface area (Å²) < 4.78 is 9.60. The predicted octanol–water partition coefficient (Wildman–Crippen LogP) is 5.91. The van der Waals surface area contributed by atoms with E-state index in [-0.39, 0.29) is 12.1 Å². The zero-order valence-electron chi connectivity index (χ0n) is 16.8. The molecule has 3 heterocycles. The number of rotatable bonds is 2. The molecule has 3 aromatic carbocycles. The summed E-state index contributed by atoms with van der Waals surface area (Å²) in [4.78, 5) is 4.48. The van der Waals surface area contributed by atoms with Crippen LogP contribution < -0.4 is 10.1 Å². The van der Waals surface area contributed by atoms with Crippen LogP contribution in [0.25, 0.3) is 5.70 Å². The third-order valence-corrected chi connectivity index (χ3v) is 6.36. The molecular formula is C25H19BrN4O. The molecule has 0 fully saturated rings. The molecular weight excluding hydrogens is 452 g/mol. The lowest BCUT2D eigenvalue weighted by Crippen LogP contribution is -2.32. The van der Waals surface area contributed by atoms with Gasteiger partial charge < -0.3 is 10.1 Å². The van der Waals surface area contributed by atoms with Gasteiger partial charge in [0.1, 0.15) is 24.2 Å². The van der Waals surface area contributed by atoms with Crippen molar-refractivity contribution >= 4 is 27.6 Å². The quantitative estimate of drug-likeness (QED) is 0.395. The lowest BCUT2D eigenvalue weighted by atomic mass is 9.84. The number of nitrogens with zero attached hydrogens (tertiary/aromatic N) is 3. The molecule has 2 aliphatic heterocycles. The highest BCUT2D eigenvalue weighted by molar-refractivity contribution is 9.10. The van der Waals surface area contributed by atoms with Gasteiger partial charge in [0.05, 0.1) is 5.70 Å². The first kappa shape index (κ1) is 18.4. The van der Waals surface area contributed by atoms with Gasteiger partial charge in [0.2, 0.25) is 5.95 Å². The fourth-order valence-corrected chi connectivity index (χ4v) is 4.85. The van der Waals surface area contributed by atoms with Crippen LogP contribution in [0.4, 0.5) is 5.95 Å². The summed E-state index contributed by atoms with van der Waals surface area (Å²) >= 11 is 3.62. The molecule has 0 saturated carbocycles. The average Bonchev–Trinajstić information content (AvgIpc) is 3.26. The van der Waals surface area contributed by atoms with Crippen LogP contribution >= 0.6 is 15.9 Å². The maximum Gasteiger partial charge on any atom is 0.226 e. The summed E-state index contributed by atoms with van der Waals surface area (Å²) in [5.74, 6) is 1.59. The van der Waals surface area contributed by atoms with Crippen LogP contribution in [0, 0.1) is 6.92 Å². The van der Waals surface area contributed by atoms with Crippen molar-refractivity contribution in [1.29, 1.82) is 0 Å². The van der Waals surface area contributed by atoms with E-state index in [0.717, 1.165) is 44.1 Å². The van der Waals surface area contributed by atoms with Gasteiger partial charge in [0, 0.05) is 15.6 Å². The Balaban J connectivity index is 1.63.